The Kier molecular flexibility index (Phi) is 4.97. The van der Waals surface area contributed by atoms with Gasteiger partial charge in [0.15, 0.2) is 17.2 Å². The molecule has 0 bridgehead atoms. The Morgan fingerprint density at radius 3 is 3.03 bits per heavy atom. The van der Waals surface area contributed by atoms with Gasteiger partial charge in [0.2, 0.25) is 6.79 Å². The monoisotopic (exact) mass is 395 g/mol. The van der Waals surface area contributed by atoms with Gasteiger partial charge >= 0.3 is 0 Å². The molecular weight excluding hydrogens is 370 g/mol. The zero-order valence-electron chi connectivity index (χ0n) is 16.4. The first-order valence-corrected chi connectivity index (χ1v) is 10.3. The van der Waals surface area contributed by atoms with Crippen LogP contribution in [0.4, 0.5) is 0 Å². The normalized spacial score (nSPS) is 20.1. The lowest BCUT2D eigenvalue weighted by Crippen LogP contribution is -2.26. The zero-order valence-corrected chi connectivity index (χ0v) is 16.4. The summed E-state index contributed by atoms with van der Waals surface area (Å²) in [6.07, 6.45) is 7.98. The van der Waals surface area contributed by atoms with Gasteiger partial charge in [-0.25, -0.2) is 0 Å². The van der Waals surface area contributed by atoms with Gasteiger partial charge in [-0.2, -0.15) is 5.10 Å². The smallest absolute Gasteiger partial charge is 0.271 e. The average molecular weight is 395 g/mol. The quantitative estimate of drug-likeness (QED) is 0.785. The van der Waals surface area contributed by atoms with E-state index in [9.17, 15) is 4.79 Å². The van der Waals surface area contributed by atoms with Crippen molar-refractivity contribution in [3.63, 3.8) is 0 Å². The van der Waals surface area contributed by atoms with E-state index in [1.807, 2.05) is 28.9 Å². The molecule has 1 aromatic carbocycles. The fraction of sp³-hybridized carbons (Fsp3) is 0.455. The van der Waals surface area contributed by atoms with E-state index in [0.29, 0.717) is 25.4 Å². The molecule has 3 heterocycles. The molecule has 7 nitrogen and oxygen atoms in total. The van der Waals surface area contributed by atoms with Gasteiger partial charge in [-0.3, -0.25) is 9.48 Å². The third kappa shape index (κ3) is 3.87. The lowest BCUT2D eigenvalue weighted by Gasteiger charge is -2.24. The minimum atomic E-state index is -0.133. The number of ether oxygens (including phenoxy) is 3. The molecule has 7 heteroatoms. The van der Waals surface area contributed by atoms with Crippen molar-refractivity contribution in [2.24, 2.45) is 0 Å². The van der Waals surface area contributed by atoms with Gasteiger partial charge in [-0.05, 0) is 55.9 Å². The Hall–Kier alpha value is -2.80. The molecule has 0 saturated carbocycles. The van der Waals surface area contributed by atoms with Crippen LogP contribution in [0.5, 0.6) is 11.5 Å². The van der Waals surface area contributed by atoms with E-state index >= 15 is 0 Å². The molecule has 5 rings (SSSR count). The predicted molar refractivity (Wildman–Crippen MR) is 106 cm³/mol. The van der Waals surface area contributed by atoms with Crippen molar-refractivity contribution in [3.05, 3.63) is 52.9 Å². The number of benzene rings is 1. The molecule has 3 aliphatic rings. The highest BCUT2D eigenvalue weighted by molar-refractivity contribution is 5.92. The van der Waals surface area contributed by atoms with Crippen molar-refractivity contribution in [3.8, 4) is 11.5 Å². The van der Waals surface area contributed by atoms with Crippen molar-refractivity contribution in [1.29, 1.82) is 0 Å². The minimum absolute atomic E-state index is 0.122. The molecule has 1 atom stereocenters. The number of rotatable bonds is 5. The van der Waals surface area contributed by atoms with Gasteiger partial charge in [-0.15, -0.1) is 0 Å². The highest BCUT2D eigenvalue weighted by Crippen LogP contribution is 2.36. The van der Waals surface area contributed by atoms with Crippen molar-refractivity contribution in [1.82, 2.24) is 15.1 Å². The summed E-state index contributed by atoms with van der Waals surface area (Å²) in [6.45, 7) is 1.90. The van der Waals surface area contributed by atoms with Crippen LogP contribution in [0.25, 0.3) is 0 Å². The summed E-state index contributed by atoms with van der Waals surface area (Å²) < 4.78 is 18.7. The van der Waals surface area contributed by atoms with Crippen molar-refractivity contribution in [2.45, 2.75) is 51.4 Å². The number of nitrogens with zero attached hydrogens (tertiary/aromatic N) is 2. The van der Waals surface area contributed by atoms with Gasteiger partial charge in [0.25, 0.3) is 5.91 Å². The molecule has 152 valence electrons. The van der Waals surface area contributed by atoms with Crippen LogP contribution in [0.15, 0.2) is 35.9 Å². The standard InChI is InChI=1S/C22H25N3O4/c26-22(23-9-8-15-4-2-1-3-5-15)18-11-17-13-27-21(12-25(17)24-18)16-6-7-19-20(10-16)29-14-28-19/h4,6-7,10-11,21H,1-3,5,8-9,12-14H2,(H,23,26). The van der Waals surface area contributed by atoms with Crippen LogP contribution >= 0.6 is 0 Å². The van der Waals surface area contributed by atoms with Gasteiger partial charge in [0, 0.05) is 6.54 Å². The maximum atomic E-state index is 12.5. The molecule has 1 aliphatic carbocycles. The second kappa shape index (κ2) is 7.91. The van der Waals surface area contributed by atoms with Gasteiger partial charge < -0.3 is 19.5 Å². The summed E-state index contributed by atoms with van der Waals surface area (Å²) in [5, 5.41) is 7.52. The lowest BCUT2D eigenvalue weighted by atomic mass is 9.97. The second-order valence-corrected chi connectivity index (χ2v) is 7.73. The van der Waals surface area contributed by atoms with Gasteiger partial charge in [0.05, 0.1) is 18.8 Å². The summed E-state index contributed by atoms with van der Waals surface area (Å²) in [5.41, 5.74) is 3.84. The van der Waals surface area contributed by atoms with Gasteiger partial charge in [0.1, 0.15) is 6.10 Å². The fourth-order valence-electron chi connectivity index (χ4n) is 4.11. The summed E-state index contributed by atoms with van der Waals surface area (Å²) >= 11 is 0. The molecule has 1 aromatic heterocycles. The SMILES string of the molecule is O=C(NCCC1=CCCCC1)c1cc2n(n1)CC(c1ccc3c(c1)OCO3)OC2. The Bertz CT molecular complexity index is 950. The zero-order chi connectivity index (χ0) is 19.6. The van der Waals surface area contributed by atoms with Crippen molar-refractivity contribution >= 4 is 5.91 Å². The van der Waals surface area contributed by atoms with E-state index in [4.69, 9.17) is 14.2 Å². The Labute approximate surface area is 169 Å². The highest BCUT2D eigenvalue weighted by Gasteiger charge is 2.25. The number of carbonyl (C=O) groups excluding carboxylic acids is 1. The third-order valence-electron chi connectivity index (χ3n) is 5.75. The molecule has 1 amide bonds. The van der Waals surface area contributed by atoms with Crippen LogP contribution in [0.1, 0.15) is 60.0 Å². The molecule has 2 aromatic rings. The number of allylic oxidation sites excluding steroid dienone is 1. The highest BCUT2D eigenvalue weighted by atomic mass is 16.7. The van der Waals surface area contributed by atoms with E-state index in [1.165, 1.54) is 24.8 Å². The van der Waals surface area contributed by atoms with Crippen molar-refractivity contribution in [2.75, 3.05) is 13.3 Å². The number of nitrogens with one attached hydrogen (secondary N) is 1. The number of hydrogen-bond donors (Lipinski definition) is 1. The molecule has 0 radical (unpaired) electrons. The lowest BCUT2D eigenvalue weighted by molar-refractivity contribution is -0.00128. The van der Waals surface area contributed by atoms with Crippen LogP contribution < -0.4 is 14.8 Å². The second-order valence-electron chi connectivity index (χ2n) is 7.73. The van der Waals surface area contributed by atoms with Crippen LogP contribution in [-0.4, -0.2) is 29.0 Å². The summed E-state index contributed by atoms with van der Waals surface area (Å²) in [5.74, 6) is 1.38. The predicted octanol–water partition coefficient (Wildman–Crippen LogP) is 3.50. The molecule has 1 N–H and O–H groups in total. The molecule has 0 fully saturated rings. The Morgan fingerprint density at radius 2 is 2.14 bits per heavy atom. The Balaban J connectivity index is 1.21. The summed E-state index contributed by atoms with van der Waals surface area (Å²) in [7, 11) is 0. The van der Waals surface area contributed by atoms with E-state index in [-0.39, 0.29) is 18.8 Å². The number of carbonyl (C=O) groups is 1. The first-order valence-electron chi connectivity index (χ1n) is 10.3. The van der Waals surface area contributed by atoms with E-state index in [2.05, 4.69) is 16.5 Å². The largest absolute Gasteiger partial charge is 0.454 e. The average Bonchev–Trinajstić information content (AvgIpc) is 3.40. The number of amides is 1. The topological polar surface area (TPSA) is 74.6 Å². The first-order chi connectivity index (χ1) is 14.3. The maximum Gasteiger partial charge on any atom is 0.271 e. The molecule has 1 unspecified atom stereocenters. The molecule has 0 saturated heterocycles. The van der Waals surface area contributed by atoms with Crippen LogP contribution in [-0.2, 0) is 17.9 Å². The number of hydrogen-bond acceptors (Lipinski definition) is 5. The summed E-state index contributed by atoms with van der Waals surface area (Å²) in [6, 6.07) is 7.67. The van der Waals surface area contributed by atoms with Crippen LogP contribution in [0.2, 0.25) is 0 Å². The van der Waals surface area contributed by atoms with E-state index < -0.39 is 0 Å². The van der Waals surface area contributed by atoms with Crippen LogP contribution in [0.3, 0.4) is 0 Å². The fourth-order valence-corrected chi connectivity index (χ4v) is 4.11. The number of fused-ring (bicyclic) bond motifs is 2. The first kappa shape index (κ1) is 18.2. The Morgan fingerprint density at radius 1 is 1.21 bits per heavy atom. The number of aromatic nitrogens is 2. The maximum absolute atomic E-state index is 12.5. The molecule has 2 aliphatic heterocycles. The molecular formula is C22H25N3O4. The summed E-state index contributed by atoms with van der Waals surface area (Å²) in [4.78, 5) is 12.5. The molecule has 0 spiro atoms. The van der Waals surface area contributed by atoms with Crippen molar-refractivity contribution < 1.29 is 19.0 Å². The van der Waals surface area contributed by atoms with E-state index in [1.54, 1.807) is 0 Å². The van der Waals surface area contributed by atoms with Crippen LogP contribution in [0, 0.1) is 0 Å². The minimum Gasteiger partial charge on any atom is -0.454 e. The molecule has 29 heavy (non-hydrogen) atoms. The van der Waals surface area contributed by atoms with Gasteiger partial charge in [-0.1, -0.05) is 17.7 Å². The third-order valence-corrected chi connectivity index (χ3v) is 5.75. The van der Waals surface area contributed by atoms with E-state index in [0.717, 1.165) is 35.6 Å².